The van der Waals surface area contributed by atoms with Crippen LogP contribution in [0.3, 0.4) is 0 Å². The number of nitrogens with one attached hydrogen (secondary N) is 2. The molecule has 0 radical (unpaired) electrons. The highest BCUT2D eigenvalue weighted by Gasteiger charge is 2.31. The van der Waals surface area contributed by atoms with Gasteiger partial charge in [0.1, 0.15) is 6.61 Å². The van der Waals surface area contributed by atoms with Gasteiger partial charge in [-0.25, -0.2) is 17.9 Å². The zero-order chi connectivity index (χ0) is 31.8. The number of carbonyl (C=O) groups excluding carboxylic acids is 4. The number of nitrogens with zero attached hydrogens (tertiary/aromatic N) is 4. The van der Waals surface area contributed by atoms with Gasteiger partial charge in [-0.2, -0.15) is 5.10 Å². The maximum Gasteiger partial charge on any atom is 0.409 e. The van der Waals surface area contributed by atoms with Crippen molar-refractivity contribution in [3.8, 4) is 11.6 Å². The largest absolute Gasteiger partial charge is 0.470 e. The highest BCUT2D eigenvalue weighted by molar-refractivity contribution is 7.89. The first-order chi connectivity index (χ1) is 20.2. The van der Waals surface area contributed by atoms with E-state index >= 15 is 0 Å². The van der Waals surface area contributed by atoms with E-state index in [0.29, 0.717) is 17.3 Å². The minimum absolute atomic E-state index is 0.0226. The second-order valence-corrected chi connectivity index (χ2v) is 12.9. The molecule has 0 spiro atoms. The van der Waals surface area contributed by atoms with Crippen molar-refractivity contribution in [1.29, 1.82) is 0 Å². The summed E-state index contributed by atoms with van der Waals surface area (Å²) in [7, 11) is -3.84. The summed E-state index contributed by atoms with van der Waals surface area (Å²) in [5, 5.41) is 7.62. The van der Waals surface area contributed by atoms with E-state index in [1.807, 2.05) is 35.1 Å². The molecule has 1 aliphatic rings. The number of ketones is 1. The van der Waals surface area contributed by atoms with Crippen molar-refractivity contribution in [3.05, 3.63) is 42.1 Å². The number of benzene rings is 1. The van der Waals surface area contributed by atoms with Crippen LogP contribution in [0.2, 0.25) is 0 Å². The Hall–Kier alpha value is -3.98. The minimum Gasteiger partial charge on any atom is -0.470 e. The molecule has 1 saturated heterocycles. The summed E-state index contributed by atoms with van der Waals surface area (Å²) in [5.41, 5.74) is 0.547. The van der Waals surface area contributed by atoms with Gasteiger partial charge in [-0.05, 0) is 19.1 Å². The van der Waals surface area contributed by atoms with E-state index in [0.717, 1.165) is 6.26 Å². The van der Waals surface area contributed by atoms with Gasteiger partial charge >= 0.3 is 6.09 Å². The quantitative estimate of drug-likeness (QED) is 0.350. The lowest BCUT2D eigenvalue weighted by molar-refractivity contribution is -0.137. The molecule has 1 aromatic carbocycles. The number of carbonyl (C=O) groups is 4. The fraction of sp³-hybridized carbons (Fsp3) is 0.536. The zero-order valence-corrected chi connectivity index (χ0v) is 26.0. The van der Waals surface area contributed by atoms with Crippen LogP contribution >= 0.6 is 0 Å². The summed E-state index contributed by atoms with van der Waals surface area (Å²) in [5.74, 6) is -1.06. The number of Topliss-reactive ketones (excluding diaryl/α,β-unsaturated/α-hetero) is 1. The molecule has 1 aliphatic heterocycles. The molecule has 0 unspecified atom stereocenters. The fourth-order valence-electron chi connectivity index (χ4n) is 4.16. The number of ether oxygens (including phenoxy) is 2. The smallest absolute Gasteiger partial charge is 0.409 e. The van der Waals surface area contributed by atoms with E-state index in [2.05, 4.69) is 10.4 Å². The Bertz CT molecular complexity index is 1400. The average Bonchev–Trinajstić information content (AvgIpc) is 3.35. The van der Waals surface area contributed by atoms with Crippen molar-refractivity contribution < 1.29 is 37.1 Å². The number of para-hydroxylation sites is 1. The summed E-state index contributed by atoms with van der Waals surface area (Å²) >= 11 is 0. The second-order valence-electron chi connectivity index (χ2n) is 11.1. The average molecular weight is 621 g/mol. The lowest BCUT2D eigenvalue weighted by Gasteiger charge is -2.35. The van der Waals surface area contributed by atoms with Gasteiger partial charge in [-0.15, -0.1) is 0 Å². The van der Waals surface area contributed by atoms with Gasteiger partial charge < -0.3 is 19.3 Å². The Kier molecular flexibility index (Phi) is 11.3. The first-order valence-corrected chi connectivity index (χ1v) is 15.8. The maximum atomic E-state index is 13.5. The van der Waals surface area contributed by atoms with Crippen LogP contribution in [-0.2, 0) is 35.7 Å². The van der Waals surface area contributed by atoms with Crippen LogP contribution in [0.4, 0.5) is 4.79 Å². The molecule has 2 aromatic rings. The van der Waals surface area contributed by atoms with Crippen molar-refractivity contribution in [3.63, 3.8) is 0 Å². The topological polar surface area (TPSA) is 169 Å². The number of aromatic nitrogens is 2. The summed E-state index contributed by atoms with van der Waals surface area (Å²) in [6.45, 7) is 8.14. The highest BCUT2D eigenvalue weighted by atomic mass is 32.2. The van der Waals surface area contributed by atoms with Gasteiger partial charge in [0.05, 0.1) is 36.7 Å². The third-order valence-corrected chi connectivity index (χ3v) is 7.15. The predicted octanol–water partition coefficient (Wildman–Crippen LogP) is 1.09. The van der Waals surface area contributed by atoms with E-state index in [1.165, 1.54) is 14.5 Å². The predicted molar refractivity (Wildman–Crippen MR) is 157 cm³/mol. The Morgan fingerprint density at radius 1 is 1.02 bits per heavy atom. The van der Waals surface area contributed by atoms with E-state index < -0.39 is 45.8 Å². The van der Waals surface area contributed by atoms with Gasteiger partial charge in [0.25, 0.3) is 0 Å². The van der Waals surface area contributed by atoms with Gasteiger partial charge in [-0.3, -0.25) is 24.4 Å². The van der Waals surface area contributed by atoms with Crippen molar-refractivity contribution in [2.45, 2.75) is 46.7 Å². The molecule has 2 heterocycles. The van der Waals surface area contributed by atoms with E-state index in [-0.39, 0.29) is 51.7 Å². The van der Waals surface area contributed by atoms with E-state index in [9.17, 15) is 27.6 Å². The number of sulfonamides is 1. The van der Waals surface area contributed by atoms with Crippen molar-refractivity contribution in [2.24, 2.45) is 5.41 Å². The third kappa shape index (κ3) is 10.1. The van der Waals surface area contributed by atoms with Gasteiger partial charge in [0.2, 0.25) is 27.7 Å². The van der Waals surface area contributed by atoms with E-state index in [4.69, 9.17) is 9.47 Å². The molecule has 3 amide bonds. The van der Waals surface area contributed by atoms with Crippen LogP contribution in [-0.4, -0.2) is 103 Å². The zero-order valence-electron chi connectivity index (χ0n) is 25.2. The molecule has 2 N–H and O–H groups in total. The molecule has 236 valence electrons. The summed E-state index contributed by atoms with van der Waals surface area (Å²) in [6.07, 6.45) is -0.0633. The molecule has 0 saturated carbocycles. The molecule has 3 rings (SSSR count). The monoisotopic (exact) mass is 620 g/mol. The Labute approximate surface area is 251 Å². The fourth-order valence-corrected chi connectivity index (χ4v) is 4.66. The molecule has 0 bridgehead atoms. The molecule has 0 aliphatic carbocycles. The molecule has 1 aromatic heterocycles. The standard InChI is InChI=1S/C28H40N6O8S/c1-6-41-27(38)33-14-12-32(13-15-33)26(37)22(17-24(36)31-43(5,39)40)29-18-20-16-25(42-19-23(35)28(2,3)4)34(30-20)21-10-8-7-9-11-21/h7-11,16,22,29H,6,12-15,17-19H2,1-5H3,(H,31,36)/t22-/m0/s1. The third-order valence-electron chi connectivity index (χ3n) is 6.55. The second kappa shape index (κ2) is 14.5. The SMILES string of the molecule is CCOC(=O)N1CCN(C(=O)[C@H](CC(=O)NS(C)(=O)=O)NCc2cc(OCC(=O)C(C)(C)C)n(-c3ccccc3)n2)CC1. The van der Waals surface area contributed by atoms with Crippen molar-refractivity contribution in [1.82, 2.24) is 29.6 Å². The molecular weight excluding hydrogens is 580 g/mol. The first kappa shape index (κ1) is 33.5. The number of amides is 3. The molecular formula is C28H40N6O8S. The van der Waals surface area contributed by atoms with Crippen LogP contribution in [0.1, 0.15) is 39.8 Å². The number of hydrogen-bond donors (Lipinski definition) is 2. The maximum absolute atomic E-state index is 13.5. The van der Waals surface area contributed by atoms with Crippen LogP contribution in [0.25, 0.3) is 5.69 Å². The molecule has 15 heteroatoms. The number of rotatable bonds is 12. The van der Waals surface area contributed by atoms with Crippen molar-refractivity contribution in [2.75, 3.05) is 45.6 Å². The molecule has 14 nitrogen and oxygen atoms in total. The summed E-state index contributed by atoms with van der Waals surface area (Å²) < 4.78 is 37.6. The molecule has 43 heavy (non-hydrogen) atoms. The Balaban J connectivity index is 1.78. The highest BCUT2D eigenvalue weighted by Crippen LogP contribution is 2.22. The normalized spacial score (nSPS) is 14.6. The number of piperazine rings is 1. The Morgan fingerprint density at radius 3 is 2.23 bits per heavy atom. The van der Waals surface area contributed by atoms with Crippen LogP contribution in [0.15, 0.2) is 36.4 Å². The molecule has 1 fully saturated rings. The van der Waals surface area contributed by atoms with Crippen LogP contribution in [0, 0.1) is 5.41 Å². The summed E-state index contributed by atoms with van der Waals surface area (Å²) in [4.78, 5) is 53.6. The first-order valence-electron chi connectivity index (χ1n) is 13.9. The van der Waals surface area contributed by atoms with Crippen LogP contribution < -0.4 is 14.8 Å². The summed E-state index contributed by atoms with van der Waals surface area (Å²) in [6, 6.07) is 9.69. The molecule has 1 atom stereocenters. The van der Waals surface area contributed by atoms with E-state index in [1.54, 1.807) is 33.8 Å². The van der Waals surface area contributed by atoms with Gasteiger partial charge in [-0.1, -0.05) is 39.0 Å². The lowest BCUT2D eigenvalue weighted by Crippen LogP contribution is -2.56. The van der Waals surface area contributed by atoms with Crippen molar-refractivity contribution >= 4 is 33.7 Å². The minimum atomic E-state index is -3.84. The lowest BCUT2D eigenvalue weighted by atomic mass is 9.91. The van der Waals surface area contributed by atoms with Gasteiger partial charge in [0, 0.05) is 44.2 Å². The Morgan fingerprint density at radius 2 is 1.65 bits per heavy atom. The van der Waals surface area contributed by atoms with Gasteiger partial charge in [0.15, 0.2) is 5.78 Å². The van der Waals surface area contributed by atoms with Crippen LogP contribution in [0.5, 0.6) is 5.88 Å². The number of hydrogen-bond acceptors (Lipinski definition) is 10.